The number of hydrogen-bond donors (Lipinski definition) is 0. The van der Waals surface area contributed by atoms with Crippen molar-refractivity contribution in [2.24, 2.45) is 0 Å². The summed E-state index contributed by atoms with van der Waals surface area (Å²) in [5.41, 5.74) is 1.50. The van der Waals surface area contributed by atoms with Crippen molar-refractivity contribution in [2.75, 3.05) is 0 Å². The van der Waals surface area contributed by atoms with Gasteiger partial charge in [0, 0.05) is 38.2 Å². The van der Waals surface area contributed by atoms with E-state index in [2.05, 4.69) is 12.1 Å². The third-order valence-electron chi connectivity index (χ3n) is 10.9. The maximum Gasteiger partial charge on any atom is 0.416 e. The summed E-state index contributed by atoms with van der Waals surface area (Å²) in [5.74, 6) is -0.523. The van der Waals surface area contributed by atoms with Gasteiger partial charge in [-0.15, -0.1) is 0 Å². The highest BCUT2D eigenvalue weighted by Gasteiger charge is 2.34. The van der Waals surface area contributed by atoms with E-state index in [0.29, 0.717) is 38.8 Å². The third-order valence-corrected chi connectivity index (χ3v) is 10.9. The maximum absolute atomic E-state index is 14.7. The summed E-state index contributed by atoms with van der Waals surface area (Å²) in [6, 6.07) is 43.8. The minimum Gasteiger partial charge on any atom is -0.308 e. The number of benzene rings is 7. The molecule has 0 aliphatic rings. The normalized spacial score (nSPS) is 12.0. The van der Waals surface area contributed by atoms with Crippen molar-refractivity contribution in [3.8, 4) is 57.7 Å². The topological polar surface area (TPSA) is 96.1 Å². The minimum absolute atomic E-state index is 0.0136. The van der Waals surface area contributed by atoms with Crippen LogP contribution in [0.15, 0.2) is 152 Å². The van der Waals surface area contributed by atoms with E-state index in [1.807, 2.05) is 24.3 Å². The largest absolute Gasteiger partial charge is 0.416 e. The van der Waals surface area contributed by atoms with Gasteiger partial charge in [-0.3, -0.25) is 0 Å². The van der Waals surface area contributed by atoms with Gasteiger partial charge in [0.05, 0.1) is 67.8 Å². The van der Waals surface area contributed by atoms with Crippen molar-refractivity contribution in [2.45, 2.75) is 12.4 Å². The zero-order valence-corrected chi connectivity index (χ0v) is 31.8. The van der Waals surface area contributed by atoms with Crippen molar-refractivity contribution < 1.29 is 26.3 Å². The zero-order valence-electron chi connectivity index (χ0n) is 31.8. The second kappa shape index (κ2) is 14.2. The molecule has 7 nitrogen and oxygen atoms in total. The first kappa shape index (κ1) is 37.9. The molecule has 10 aromatic rings. The molecular formula is C49H25F6N7. The van der Waals surface area contributed by atoms with Gasteiger partial charge in [0.15, 0.2) is 17.5 Å². The van der Waals surface area contributed by atoms with Gasteiger partial charge in [0.1, 0.15) is 0 Å². The molecule has 0 fully saturated rings. The van der Waals surface area contributed by atoms with E-state index >= 15 is 0 Å². The Bertz CT molecular complexity index is 3320. The molecule has 0 saturated heterocycles. The van der Waals surface area contributed by atoms with Crippen LogP contribution >= 0.6 is 0 Å². The minimum atomic E-state index is -4.81. The zero-order chi connectivity index (χ0) is 42.9. The molecule has 0 aliphatic heterocycles. The van der Waals surface area contributed by atoms with Crippen LogP contribution in [0.4, 0.5) is 26.3 Å². The highest BCUT2D eigenvalue weighted by molar-refractivity contribution is 6.11. The first-order chi connectivity index (χ1) is 29.9. The van der Waals surface area contributed by atoms with E-state index in [1.165, 1.54) is 12.1 Å². The summed E-state index contributed by atoms with van der Waals surface area (Å²) < 4.78 is 91.7. The fraction of sp³-hybridized carbons (Fsp3) is 0.0408. The Hall–Kier alpha value is -8.29. The molecule has 62 heavy (non-hydrogen) atoms. The van der Waals surface area contributed by atoms with Crippen LogP contribution in [0, 0.1) is 22.7 Å². The van der Waals surface area contributed by atoms with Crippen molar-refractivity contribution in [3.05, 3.63) is 174 Å². The quantitative estimate of drug-likeness (QED) is 0.161. The second-order valence-corrected chi connectivity index (χ2v) is 14.5. The van der Waals surface area contributed by atoms with Crippen LogP contribution < -0.4 is 0 Å². The molecule has 3 aromatic heterocycles. The third kappa shape index (κ3) is 6.26. The van der Waals surface area contributed by atoms with Gasteiger partial charge in [-0.2, -0.15) is 36.9 Å². The highest BCUT2D eigenvalue weighted by atomic mass is 19.4. The summed E-state index contributed by atoms with van der Waals surface area (Å²) >= 11 is 0. The van der Waals surface area contributed by atoms with E-state index in [0.717, 1.165) is 45.8 Å². The lowest BCUT2D eigenvalue weighted by Gasteiger charge is -2.18. The van der Waals surface area contributed by atoms with Crippen molar-refractivity contribution in [3.63, 3.8) is 0 Å². The molecule has 298 valence electrons. The predicted octanol–water partition coefficient (Wildman–Crippen LogP) is 12.8. The average Bonchev–Trinajstić information content (AvgIpc) is 3.80. The fourth-order valence-electron chi connectivity index (χ4n) is 8.11. The van der Waals surface area contributed by atoms with E-state index in [1.54, 1.807) is 100 Å². The van der Waals surface area contributed by atoms with Crippen LogP contribution in [0.3, 0.4) is 0 Å². The van der Waals surface area contributed by atoms with Gasteiger partial charge in [0.25, 0.3) is 0 Å². The number of nitrogens with zero attached hydrogens (tertiary/aromatic N) is 7. The number of halogens is 6. The molecule has 7 aromatic carbocycles. The molecule has 10 rings (SSSR count). The molecule has 0 spiro atoms. The molecule has 0 aliphatic carbocycles. The molecule has 0 amide bonds. The summed E-state index contributed by atoms with van der Waals surface area (Å²) in [7, 11) is 0. The summed E-state index contributed by atoms with van der Waals surface area (Å²) in [6.07, 6.45) is -9.62. The summed E-state index contributed by atoms with van der Waals surface area (Å²) in [4.78, 5) is 14.3. The predicted molar refractivity (Wildman–Crippen MR) is 224 cm³/mol. The Morgan fingerprint density at radius 1 is 0.403 bits per heavy atom. The number of rotatable bonds is 5. The van der Waals surface area contributed by atoms with E-state index in [4.69, 9.17) is 15.0 Å². The Morgan fingerprint density at radius 2 is 0.806 bits per heavy atom. The molecule has 0 radical (unpaired) electrons. The standard InChI is InChI=1S/C49H25F6N7/c50-48(51,52)31-16-20-41(61-39-12-6-4-10-33(39)35-18-14-28(26-56)22-43(35)61)37(24-31)46-58-45(30-8-2-1-3-9-30)59-47(60-46)38-25-32(49(53,54)55)17-21-42(38)62-40-13-7-5-11-34(40)36-19-15-29(27-57)23-44(36)62/h1-25H. The van der Waals surface area contributed by atoms with E-state index in [9.17, 15) is 36.9 Å². The van der Waals surface area contributed by atoms with Crippen molar-refractivity contribution in [1.29, 1.82) is 10.5 Å². The Labute approximate surface area is 347 Å². The Kier molecular flexibility index (Phi) is 8.68. The Balaban J connectivity index is 1.33. The van der Waals surface area contributed by atoms with Crippen LogP contribution in [0.25, 0.3) is 89.2 Å². The van der Waals surface area contributed by atoms with Gasteiger partial charge in [-0.25, -0.2) is 15.0 Å². The number of nitriles is 2. The van der Waals surface area contributed by atoms with Crippen LogP contribution in [-0.2, 0) is 12.4 Å². The number of aromatic nitrogens is 5. The molecule has 13 heteroatoms. The molecule has 3 heterocycles. The monoisotopic (exact) mass is 825 g/mol. The molecular weight excluding hydrogens is 801 g/mol. The molecule has 0 saturated carbocycles. The lowest BCUT2D eigenvalue weighted by atomic mass is 10.0. The van der Waals surface area contributed by atoms with Crippen molar-refractivity contribution in [1.82, 2.24) is 24.1 Å². The highest BCUT2D eigenvalue weighted by Crippen LogP contribution is 2.42. The lowest BCUT2D eigenvalue weighted by molar-refractivity contribution is -0.138. The second-order valence-electron chi connectivity index (χ2n) is 14.5. The SMILES string of the molecule is N#Cc1ccc2c3ccccc3n(-c3ccc(C(F)(F)F)cc3-c3nc(-c4ccccc4)nc(-c4cc(C(F)(F)F)ccc4-n4c5ccccc5c5ccc(C#N)cc54)n3)c2c1. The number of hydrogen-bond acceptors (Lipinski definition) is 5. The fourth-order valence-corrected chi connectivity index (χ4v) is 8.11. The molecule has 0 bridgehead atoms. The van der Waals surface area contributed by atoms with E-state index < -0.39 is 23.5 Å². The van der Waals surface area contributed by atoms with Gasteiger partial charge in [-0.05, 0) is 72.8 Å². The summed E-state index contributed by atoms with van der Waals surface area (Å²) in [5, 5.41) is 22.7. The Morgan fingerprint density at radius 3 is 1.24 bits per heavy atom. The summed E-state index contributed by atoms with van der Waals surface area (Å²) in [6.45, 7) is 0. The average molecular weight is 826 g/mol. The van der Waals surface area contributed by atoms with Crippen LogP contribution in [0.2, 0.25) is 0 Å². The smallest absolute Gasteiger partial charge is 0.308 e. The van der Waals surface area contributed by atoms with Crippen LogP contribution in [0.5, 0.6) is 0 Å². The maximum atomic E-state index is 14.7. The van der Waals surface area contributed by atoms with Gasteiger partial charge >= 0.3 is 12.4 Å². The first-order valence-electron chi connectivity index (χ1n) is 19.0. The number of alkyl halides is 6. The number of fused-ring (bicyclic) bond motifs is 6. The van der Waals surface area contributed by atoms with Gasteiger partial charge < -0.3 is 9.13 Å². The van der Waals surface area contributed by atoms with Crippen LogP contribution in [-0.4, -0.2) is 24.1 Å². The van der Waals surface area contributed by atoms with Crippen molar-refractivity contribution >= 4 is 43.6 Å². The van der Waals surface area contributed by atoms with Gasteiger partial charge in [0.2, 0.25) is 0 Å². The van der Waals surface area contributed by atoms with Gasteiger partial charge in [-0.1, -0.05) is 78.9 Å². The van der Waals surface area contributed by atoms with Crippen LogP contribution in [0.1, 0.15) is 22.3 Å². The first-order valence-corrected chi connectivity index (χ1v) is 19.0. The lowest BCUT2D eigenvalue weighted by Crippen LogP contribution is -2.10. The molecule has 0 unspecified atom stereocenters. The molecule has 0 atom stereocenters. The number of para-hydroxylation sites is 2. The van der Waals surface area contributed by atoms with E-state index in [-0.39, 0.29) is 40.0 Å². The molecule has 0 N–H and O–H groups in total.